The van der Waals surface area contributed by atoms with Gasteiger partial charge in [0, 0.05) is 13.0 Å². The molecule has 3 aromatic rings. The zero-order valence-electron chi connectivity index (χ0n) is 16.1. The Morgan fingerprint density at radius 3 is 2.45 bits per heavy atom. The summed E-state index contributed by atoms with van der Waals surface area (Å²) >= 11 is 0. The van der Waals surface area contributed by atoms with E-state index in [1.54, 1.807) is 17.0 Å². The molecule has 29 heavy (non-hydrogen) atoms. The van der Waals surface area contributed by atoms with Gasteiger partial charge in [0.15, 0.2) is 0 Å². The van der Waals surface area contributed by atoms with Crippen LogP contribution < -0.4 is 4.90 Å². The summed E-state index contributed by atoms with van der Waals surface area (Å²) in [6.45, 7) is 1.28. The Hall–Kier alpha value is -3.41. The number of hydrogen-bond acceptors (Lipinski definition) is 3. The second-order valence-corrected chi connectivity index (χ2v) is 7.56. The fourth-order valence-electron chi connectivity index (χ4n) is 4.27. The lowest BCUT2D eigenvalue weighted by Gasteiger charge is -2.27. The van der Waals surface area contributed by atoms with Crippen LogP contribution in [0.3, 0.4) is 0 Å². The van der Waals surface area contributed by atoms with E-state index in [-0.39, 0.29) is 11.9 Å². The van der Waals surface area contributed by atoms with E-state index in [0.29, 0.717) is 18.7 Å². The molecule has 0 N–H and O–H groups in total. The van der Waals surface area contributed by atoms with Crippen LogP contribution in [0.15, 0.2) is 67.0 Å². The molecule has 2 aliphatic heterocycles. The molecule has 2 aliphatic rings. The number of imide groups is 1. The van der Waals surface area contributed by atoms with Crippen LogP contribution in [0.2, 0.25) is 0 Å². The van der Waals surface area contributed by atoms with E-state index < -0.39 is 6.04 Å². The lowest BCUT2D eigenvalue weighted by atomic mass is 10.0. The monoisotopic (exact) mass is 386 g/mol. The molecule has 0 saturated carbocycles. The van der Waals surface area contributed by atoms with Gasteiger partial charge in [-0.3, -0.25) is 4.79 Å². The molecule has 0 bridgehead atoms. The number of para-hydroxylation sites is 1. The number of carbonyl (C=O) groups is 2. The Morgan fingerprint density at radius 2 is 1.69 bits per heavy atom. The molecule has 1 saturated heterocycles. The Labute approximate surface area is 169 Å². The highest BCUT2D eigenvalue weighted by Crippen LogP contribution is 2.32. The summed E-state index contributed by atoms with van der Waals surface area (Å²) in [4.78, 5) is 33.5. The van der Waals surface area contributed by atoms with Gasteiger partial charge in [-0.15, -0.1) is 0 Å². The molecule has 1 unspecified atom stereocenters. The van der Waals surface area contributed by atoms with Gasteiger partial charge in [-0.2, -0.15) is 0 Å². The predicted octanol–water partition coefficient (Wildman–Crippen LogP) is 3.41. The average molecular weight is 386 g/mol. The largest absolute Gasteiger partial charge is 0.333 e. The molecule has 1 atom stereocenters. The van der Waals surface area contributed by atoms with Crippen LogP contribution in [0.4, 0.5) is 10.5 Å². The predicted molar refractivity (Wildman–Crippen MR) is 109 cm³/mol. The van der Waals surface area contributed by atoms with Crippen LogP contribution in [0.5, 0.6) is 0 Å². The maximum absolute atomic E-state index is 13.0. The van der Waals surface area contributed by atoms with Crippen LogP contribution in [-0.4, -0.2) is 32.4 Å². The van der Waals surface area contributed by atoms with Crippen molar-refractivity contribution in [3.8, 4) is 0 Å². The number of anilines is 1. The summed E-state index contributed by atoms with van der Waals surface area (Å²) in [5.41, 5.74) is 3.92. The Morgan fingerprint density at radius 1 is 0.966 bits per heavy atom. The van der Waals surface area contributed by atoms with Gasteiger partial charge < -0.3 is 9.47 Å². The number of carbonyl (C=O) groups excluding carboxylic acids is 2. The number of fused-ring (bicyclic) bond motifs is 2. The van der Waals surface area contributed by atoms with Crippen LogP contribution in [0, 0.1) is 0 Å². The SMILES string of the molecule is O=C1C2Cc3ncn(CCCc4ccccc4)c3CN2C(=O)N1c1ccccc1. The highest BCUT2D eigenvalue weighted by molar-refractivity contribution is 6.21. The first-order valence-corrected chi connectivity index (χ1v) is 9.99. The van der Waals surface area contributed by atoms with Crippen molar-refractivity contribution in [3.63, 3.8) is 0 Å². The zero-order chi connectivity index (χ0) is 19.8. The van der Waals surface area contributed by atoms with Gasteiger partial charge in [-0.25, -0.2) is 14.7 Å². The summed E-state index contributed by atoms with van der Waals surface area (Å²) < 4.78 is 2.14. The minimum Gasteiger partial charge on any atom is -0.333 e. The number of aryl methyl sites for hydroxylation is 2. The van der Waals surface area contributed by atoms with Gasteiger partial charge in [-0.1, -0.05) is 48.5 Å². The van der Waals surface area contributed by atoms with Crippen molar-refractivity contribution in [2.24, 2.45) is 0 Å². The Bertz CT molecular complexity index is 1050. The van der Waals surface area contributed by atoms with Crippen molar-refractivity contribution in [3.05, 3.63) is 83.9 Å². The molecule has 1 aromatic heterocycles. The van der Waals surface area contributed by atoms with Gasteiger partial charge in [0.25, 0.3) is 5.91 Å². The first-order valence-electron chi connectivity index (χ1n) is 9.99. The van der Waals surface area contributed by atoms with E-state index in [1.165, 1.54) is 10.5 Å². The van der Waals surface area contributed by atoms with E-state index in [2.05, 4.69) is 33.8 Å². The lowest BCUT2D eigenvalue weighted by molar-refractivity contribution is -0.120. The number of benzene rings is 2. The average Bonchev–Trinajstić information content (AvgIpc) is 3.26. The quantitative estimate of drug-likeness (QED) is 0.632. The number of aromatic nitrogens is 2. The van der Waals surface area contributed by atoms with Crippen molar-refractivity contribution >= 4 is 17.6 Å². The van der Waals surface area contributed by atoms with Gasteiger partial charge in [0.05, 0.1) is 29.9 Å². The van der Waals surface area contributed by atoms with Crippen LogP contribution in [-0.2, 0) is 30.7 Å². The van der Waals surface area contributed by atoms with Crippen molar-refractivity contribution in [2.75, 3.05) is 4.90 Å². The fraction of sp³-hybridized carbons (Fsp3) is 0.261. The molecule has 0 radical (unpaired) electrons. The molecule has 146 valence electrons. The molecule has 3 heterocycles. The van der Waals surface area contributed by atoms with Crippen LogP contribution in [0.25, 0.3) is 0 Å². The summed E-state index contributed by atoms with van der Waals surface area (Å²) in [5.74, 6) is -0.162. The van der Waals surface area contributed by atoms with Crippen LogP contribution >= 0.6 is 0 Å². The van der Waals surface area contributed by atoms with E-state index in [9.17, 15) is 9.59 Å². The number of nitrogens with zero attached hydrogens (tertiary/aromatic N) is 4. The summed E-state index contributed by atoms with van der Waals surface area (Å²) in [5, 5.41) is 0. The topological polar surface area (TPSA) is 58.4 Å². The van der Waals surface area contributed by atoms with Crippen molar-refractivity contribution in [2.45, 2.75) is 38.4 Å². The van der Waals surface area contributed by atoms with Gasteiger partial charge in [0.1, 0.15) is 6.04 Å². The fourth-order valence-corrected chi connectivity index (χ4v) is 4.27. The highest BCUT2D eigenvalue weighted by atomic mass is 16.2. The normalized spacial score (nSPS) is 18.1. The third kappa shape index (κ3) is 3.10. The number of hydrogen-bond donors (Lipinski definition) is 0. The summed E-state index contributed by atoms with van der Waals surface area (Å²) in [6.07, 6.45) is 4.33. The molecule has 5 rings (SSSR count). The van der Waals surface area contributed by atoms with Crippen molar-refractivity contribution in [1.82, 2.24) is 14.5 Å². The first-order chi connectivity index (χ1) is 14.2. The molecule has 2 aromatic carbocycles. The second kappa shape index (κ2) is 7.20. The molecule has 6 heteroatoms. The molecule has 6 nitrogen and oxygen atoms in total. The van der Waals surface area contributed by atoms with E-state index in [1.807, 2.05) is 30.6 Å². The molecule has 0 spiro atoms. The molecule has 0 aliphatic carbocycles. The summed E-state index contributed by atoms with van der Waals surface area (Å²) in [7, 11) is 0. The number of rotatable bonds is 5. The molecular formula is C23H22N4O2. The zero-order valence-corrected chi connectivity index (χ0v) is 16.1. The number of urea groups is 1. The van der Waals surface area contributed by atoms with Gasteiger partial charge in [-0.05, 0) is 30.5 Å². The smallest absolute Gasteiger partial charge is 0.332 e. The first kappa shape index (κ1) is 17.7. The van der Waals surface area contributed by atoms with E-state index in [0.717, 1.165) is 30.8 Å². The molecule has 3 amide bonds. The Kier molecular flexibility index (Phi) is 4.39. The third-order valence-electron chi connectivity index (χ3n) is 5.78. The van der Waals surface area contributed by atoms with Gasteiger partial charge >= 0.3 is 6.03 Å². The standard InChI is InChI=1S/C23H22N4O2/c28-22-20-14-19-21(15-26(20)23(29)27(22)18-11-5-2-6-12-18)25(16-24-19)13-7-10-17-8-3-1-4-9-17/h1-6,8-9,11-12,16,20H,7,10,13-15H2. The Balaban J connectivity index is 1.32. The molecule has 1 fully saturated rings. The maximum Gasteiger partial charge on any atom is 0.332 e. The van der Waals surface area contributed by atoms with E-state index in [4.69, 9.17) is 0 Å². The molecular weight excluding hydrogens is 364 g/mol. The number of imidazole rings is 1. The number of amides is 3. The lowest BCUT2D eigenvalue weighted by Crippen LogP contribution is -2.40. The third-order valence-corrected chi connectivity index (χ3v) is 5.78. The second-order valence-electron chi connectivity index (χ2n) is 7.56. The van der Waals surface area contributed by atoms with Gasteiger partial charge in [0.2, 0.25) is 0 Å². The van der Waals surface area contributed by atoms with Crippen molar-refractivity contribution in [1.29, 1.82) is 0 Å². The minimum absolute atomic E-state index is 0.162. The van der Waals surface area contributed by atoms with Crippen LogP contribution in [0.1, 0.15) is 23.4 Å². The summed E-state index contributed by atoms with van der Waals surface area (Å²) in [6, 6.07) is 18.9. The minimum atomic E-state index is -0.456. The maximum atomic E-state index is 13.0. The highest BCUT2D eigenvalue weighted by Gasteiger charge is 2.48. The van der Waals surface area contributed by atoms with E-state index >= 15 is 0 Å². The van der Waals surface area contributed by atoms with Crippen molar-refractivity contribution < 1.29 is 9.59 Å².